The molecule has 2 nitrogen and oxygen atoms in total. The summed E-state index contributed by atoms with van der Waals surface area (Å²) in [6.45, 7) is 0. The molecule has 1 heterocycles. The predicted octanol–water partition coefficient (Wildman–Crippen LogP) is 3.48. The van der Waals surface area contributed by atoms with E-state index in [0.717, 1.165) is 0 Å². The van der Waals surface area contributed by atoms with Crippen LogP contribution in [0.15, 0.2) is 30.6 Å². The number of hydrogen-bond acceptors (Lipinski definition) is 0. The van der Waals surface area contributed by atoms with E-state index in [4.69, 9.17) is 0 Å². The van der Waals surface area contributed by atoms with Crippen molar-refractivity contribution in [1.82, 2.24) is 6.15 Å². The van der Waals surface area contributed by atoms with Gasteiger partial charge in [-0.1, -0.05) is 6.07 Å². The molecule has 17 heavy (non-hydrogen) atoms. The highest BCUT2D eigenvalue weighted by Gasteiger charge is 2.21. The molecule has 0 aliphatic carbocycles. The molecule has 0 fully saturated rings. The second-order valence-corrected chi connectivity index (χ2v) is 2.07. The topological polar surface area (TPSA) is 50.6 Å². The summed E-state index contributed by atoms with van der Waals surface area (Å²) in [5, 5.41) is 0. The lowest BCUT2D eigenvalue weighted by Gasteiger charge is -1.94. The van der Waals surface area contributed by atoms with E-state index in [-0.39, 0.29) is 6.15 Å². The standard InChI is InChI=1S/C5H5N.2BF4.H3N/c1-2-4-6-5-3-1;2*2-1(3,4)5;/h1-5H;;;1H3/q;2*-1;/p+2. The molecule has 12 heteroatoms. The third-order valence-electron chi connectivity index (χ3n) is 0.607. The summed E-state index contributed by atoms with van der Waals surface area (Å²) < 4.78 is 78.0. The lowest BCUT2D eigenvalue weighted by atomic mass is 10.3. The molecule has 0 saturated heterocycles. The van der Waals surface area contributed by atoms with Crippen molar-refractivity contribution in [3.05, 3.63) is 30.6 Å². The molecular weight excluding hydrogens is 262 g/mol. The predicted molar refractivity (Wildman–Crippen MR) is 49.4 cm³/mol. The lowest BCUT2D eigenvalue weighted by molar-refractivity contribution is -0.377. The highest BCUT2D eigenvalue weighted by atomic mass is 19.5. The summed E-state index contributed by atoms with van der Waals surface area (Å²) in [6.07, 6.45) is 3.75. The van der Waals surface area contributed by atoms with E-state index in [9.17, 15) is 34.5 Å². The zero-order valence-electron chi connectivity index (χ0n) is 8.57. The number of aromatic amines is 1. The van der Waals surface area contributed by atoms with E-state index in [1.807, 2.05) is 30.6 Å². The molecule has 0 unspecified atom stereocenters. The number of pyridine rings is 1. The minimum absolute atomic E-state index is 0. The van der Waals surface area contributed by atoms with Gasteiger partial charge >= 0.3 is 14.5 Å². The van der Waals surface area contributed by atoms with Crippen molar-refractivity contribution in [1.29, 1.82) is 0 Å². The number of hydrogen-bond donors (Lipinski definition) is 1. The fourth-order valence-corrected chi connectivity index (χ4v) is 0.342. The summed E-state index contributed by atoms with van der Waals surface area (Å²) in [5.74, 6) is 0. The van der Waals surface area contributed by atoms with Gasteiger partial charge in [0.1, 0.15) is 0 Å². The molecule has 0 saturated carbocycles. The van der Waals surface area contributed by atoms with Gasteiger partial charge in [-0.3, -0.25) is 0 Å². The molecule has 0 aliphatic heterocycles. The minimum Gasteiger partial charge on any atom is -0.418 e. The second-order valence-electron chi connectivity index (χ2n) is 2.07. The highest BCUT2D eigenvalue weighted by Crippen LogP contribution is 2.07. The molecular formula is C5H10B2F8N2. The number of halogens is 8. The number of quaternary nitrogens is 1. The highest BCUT2D eigenvalue weighted by molar-refractivity contribution is 6.50. The maximum absolute atomic E-state index is 9.75. The van der Waals surface area contributed by atoms with Crippen LogP contribution in [0.1, 0.15) is 0 Å². The van der Waals surface area contributed by atoms with Crippen LogP contribution in [0.3, 0.4) is 0 Å². The first-order valence-electron chi connectivity index (χ1n) is 3.66. The first-order valence-corrected chi connectivity index (χ1v) is 3.66. The van der Waals surface area contributed by atoms with Crippen LogP contribution < -0.4 is 11.1 Å². The van der Waals surface area contributed by atoms with Crippen molar-refractivity contribution in [2.75, 3.05) is 0 Å². The van der Waals surface area contributed by atoms with Gasteiger partial charge in [0.15, 0.2) is 12.4 Å². The molecule has 1 aromatic heterocycles. The van der Waals surface area contributed by atoms with Crippen LogP contribution in [-0.2, 0) is 0 Å². The molecule has 0 amide bonds. The van der Waals surface area contributed by atoms with Gasteiger partial charge in [-0.15, -0.1) is 0 Å². The van der Waals surface area contributed by atoms with Gasteiger partial charge in [0.2, 0.25) is 0 Å². The van der Waals surface area contributed by atoms with Gasteiger partial charge in [0.25, 0.3) is 0 Å². The Morgan fingerprint density at radius 3 is 0.882 bits per heavy atom. The Balaban J connectivity index is -0.000000170. The average Bonchev–Trinajstić information content (AvgIpc) is 2.01. The Labute approximate surface area is 91.8 Å². The van der Waals surface area contributed by atoms with E-state index >= 15 is 0 Å². The number of nitrogens with one attached hydrogen (secondary N) is 1. The fourth-order valence-electron chi connectivity index (χ4n) is 0.342. The summed E-state index contributed by atoms with van der Waals surface area (Å²) in [5.41, 5.74) is 0. The van der Waals surface area contributed by atoms with Crippen LogP contribution in [-0.4, -0.2) is 14.5 Å². The van der Waals surface area contributed by atoms with Gasteiger partial charge < -0.3 is 40.7 Å². The molecule has 0 radical (unpaired) electrons. The quantitative estimate of drug-likeness (QED) is 0.555. The fraction of sp³-hybridized carbons (Fsp3) is 0. The Hall–Kier alpha value is -1.32. The summed E-state index contributed by atoms with van der Waals surface area (Å²) in [7, 11) is -12.0. The van der Waals surface area contributed by atoms with Crippen molar-refractivity contribution < 1.29 is 39.5 Å². The maximum Gasteiger partial charge on any atom is 0.673 e. The normalized spacial score (nSPS) is 9.88. The van der Waals surface area contributed by atoms with Crippen molar-refractivity contribution in [2.45, 2.75) is 0 Å². The summed E-state index contributed by atoms with van der Waals surface area (Å²) >= 11 is 0. The van der Waals surface area contributed by atoms with Crippen LogP contribution in [0.2, 0.25) is 0 Å². The van der Waals surface area contributed by atoms with Gasteiger partial charge in [0, 0.05) is 12.1 Å². The Morgan fingerprint density at radius 2 is 0.824 bits per heavy atom. The van der Waals surface area contributed by atoms with Crippen LogP contribution in [0.25, 0.3) is 0 Å². The lowest BCUT2D eigenvalue weighted by Crippen LogP contribution is -2.02. The molecule has 0 aromatic carbocycles. The van der Waals surface area contributed by atoms with E-state index in [1.165, 1.54) is 0 Å². The molecule has 0 atom stereocenters. The van der Waals surface area contributed by atoms with Gasteiger partial charge in [-0.05, 0) is 0 Å². The molecule has 0 spiro atoms. The van der Waals surface area contributed by atoms with E-state index in [0.29, 0.717) is 0 Å². The van der Waals surface area contributed by atoms with E-state index in [2.05, 4.69) is 4.98 Å². The first kappa shape index (κ1) is 21.0. The van der Waals surface area contributed by atoms with E-state index in [1.54, 1.807) is 0 Å². The monoisotopic (exact) mass is 272 g/mol. The second kappa shape index (κ2) is 9.87. The Bertz CT molecular complexity index is 200. The zero-order chi connectivity index (χ0) is 13.2. The van der Waals surface area contributed by atoms with Crippen molar-refractivity contribution in [2.24, 2.45) is 0 Å². The molecule has 5 N–H and O–H groups in total. The van der Waals surface area contributed by atoms with Crippen LogP contribution >= 0.6 is 0 Å². The first-order chi connectivity index (χ1) is 7.00. The van der Waals surface area contributed by atoms with Crippen molar-refractivity contribution >= 4 is 14.5 Å². The van der Waals surface area contributed by atoms with E-state index < -0.39 is 14.5 Å². The molecule has 0 aliphatic rings. The largest absolute Gasteiger partial charge is 0.673 e. The van der Waals surface area contributed by atoms with Crippen LogP contribution in [0, 0.1) is 0 Å². The van der Waals surface area contributed by atoms with Crippen LogP contribution in [0.4, 0.5) is 34.5 Å². The Morgan fingerprint density at radius 1 is 0.588 bits per heavy atom. The Kier molecular flexibility index (Phi) is 12.2. The smallest absolute Gasteiger partial charge is 0.418 e. The van der Waals surface area contributed by atoms with Gasteiger partial charge in [0.05, 0.1) is 0 Å². The van der Waals surface area contributed by atoms with Gasteiger partial charge in [-0.2, -0.15) is 0 Å². The molecule has 1 rings (SSSR count). The molecule has 102 valence electrons. The number of aromatic nitrogens is 1. The van der Waals surface area contributed by atoms with Crippen molar-refractivity contribution in [3.63, 3.8) is 0 Å². The van der Waals surface area contributed by atoms with Crippen molar-refractivity contribution in [3.8, 4) is 0 Å². The third-order valence-corrected chi connectivity index (χ3v) is 0.607. The average molecular weight is 272 g/mol. The molecule has 1 aromatic rings. The summed E-state index contributed by atoms with van der Waals surface area (Å²) in [6, 6.07) is 5.86. The molecule has 0 bridgehead atoms. The zero-order valence-corrected chi connectivity index (χ0v) is 8.57. The SMILES string of the molecule is F[B-](F)(F)F.F[B-](F)(F)F.[NH4+].c1cc[nH+]cc1. The number of rotatable bonds is 0. The minimum atomic E-state index is -6.00. The van der Waals surface area contributed by atoms with Crippen LogP contribution in [0.5, 0.6) is 0 Å². The van der Waals surface area contributed by atoms with Gasteiger partial charge in [-0.25, -0.2) is 4.98 Å². The third kappa shape index (κ3) is 108. The maximum atomic E-state index is 9.75. The number of H-pyrrole nitrogens is 1. The summed E-state index contributed by atoms with van der Waals surface area (Å²) in [4.78, 5) is 2.89.